The van der Waals surface area contributed by atoms with E-state index in [1.54, 1.807) is 6.08 Å². The number of hydrogen-bond donors (Lipinski definition) is 0. The molecule has 0 saturated heterocycles. The summed E-state index contributed by atoms with van der Waals surface area (Å²) in [5.41, 5.74) is 1.01. The Labute approximate surface area is 90.8 Å². The second-order valence-electron chi connectivity index (χ2n) is 2.93. The van der Waals surface area contributed by atoms with E-state index in [1.807, 2.05) is 6.92 Å². The summed E-state index contributed by atoms with van der Waals surface area (Å²) in [5, 5.41) is 0.636. The van der Waals surface area contributed by atoms with Crippen LogP contribution in [0.4, 0.5) is 8.78 Å². The molecule has 0 N–H and O–H groups in total. The molecule has 76 valence electrons. The van der Waals surface area contributed by atoms with Crippen molar-refractivity contribution < 1.29 is 8.78 Å². The molecule has 0 amide bonds. The van der Waals surface area contributed by atoms with Gasteiger partial charge in [-0.15, -0.1) is 0 Å². The molecule has 1 aromatic carbocycles. The smallest absolute Gasteiger partial charge is 0.133 e. The van der Waals surface area contributed by atoms with Gasteiger partial charge in [-0.2, -0.15) is 0 Å². The maximum atomic E-state index is 13.2. The zero-order valence-electron chi connectivity index (χ0n) is 7.86. The van der Waals surface area contributed by atoms with Crippen molar-refractivity contribution in [2.75, 3.05) is 5.33 Å². The van der Waals surface area contributed by atoms with Gasteiger partial charge < -0.3 is 0 Å². The molecule has 0 aromatic heterocycles. The van der Waals surface area contributed by atoms with Crippen molar-refractivity contribution in [2.45, 2.75) is 13.3 Å². The zero-order valence-corrected chi connectivity index (χ0v) is 9.44. The van der Waals surface area contributed by atoms with Crippen molar-refractivity contribution in [3.8, 4) is 0 Å². The van der Waals surface area contributed by atoms with Gasteiger partial charge >= 0.3 is 0 Å². The minimum absolute atomic E-state index is 0.0452. The summed E-state index contributed by atoms with van der Waals surface area (Å²) in [6.45, 7) is 1.95. The van der Waals surface area contributed by atoms with Crippen LogP contribution in [-0.4, -0.2) is 5.33 Å². The summed E-state index contributed by atoms with van der Waals surface area (Å²) in [6.07, 6.45) is 2.33. The fourth-order valence-electron chi connectivity index (χ4n) is 1.09. The van der Waals surface area contributed by atoms with Gasteiger partial charge in [-0.3, -0.25) is 0 Å². The molecule has 0 saturated carbocycles. The average molecular weight is 261 g/mol. The van der Waals surface area contributed by atoms with Gasteiger partial charge in [-0.1, -0.05) is 34.5 Å². The average Bonchev–Trinajstić information content (AvgIpc) is 2.18. The van der Waals surface area contributed by atoms with Gasteiger partial charge in [0.2, 0.25) is 0 Å². The van der Waals surface area contributed by atoms with Crippen LogP contribution < -0.4 is 0 Å². The molecule has 0 radical (unpaired) electrons. The number of hydrogen-bond acceptors (Lipinski definition) is 0. The third-order valence-corrected chi connectivity index (χ3v) is 2.69. The molecule has 0 heterocycles. The van der Waals surface area contributed by atoms with Crippen molar-refractivity contribution in [2.24, 2.45) is 0 Å². The van der Waals surface area contributed by atoms with Crippen LogP contribution in [0.5, 0.6) is 0 Å². The van der Waals surface area contributed by atoms with Gasteiger partial charge in [0.1, 0.15) is 11.6 Å². The molecule has 0 spiro atoms. The summed E-state index contributed by atoms with van der Waals surface area (Å²) in [4.78, 5) is 0. The molecule has 0 nitrogen and oxygen atoms in total. The monoisotopic (exact) mass is 260 g/mol. The van der Waals surface area contributed by atoms with E-state index in [2.05, 4.69) is 15.9 Å². The number of halogens is 3. The van der Waals surface area contributed by atoms with Crippen molar-refractivity contribution in [1.29, 1.82) is 0 Å². The second kappa shape index (κ2) is 5.25. The Balaban J connectivity index is 3.12. The number of benzene rings is 1. The molecular weight excluding hydrogens is 250 g/mol. The van der Waals surface area contributed by atoms with Crippen LogP contribution in [0.3, 0.4) is 0 Å². The van der Waals surface area contributed by atoms with E-state index in [1.165, 1.54) is 18.2 Å². The molecule has 0 aliphatic rings. The normalized spacial score (nSPS) is 11.9. The SMILES string of the molecule is CCC(=Cc1c(F)cccc1F)CBr. The van der Waals surface area contributed by atoms with E-state index in [0.717, 1.165) is 12.0 Å². The van der Waals surface area contributed by atoms with E-state index in [-0.39, 0.29) is 5.56 Å². The van der Waals surface area contributed by atoms with E-state index >= 15 is 0 Å². The highest BCUT2D eigenvalue weighted by Gasteiger charge is 2.05. The van der Waals surface area contributed by atoms with E-state index in [0.29, 0.717) is 5.33 Å². The first-order chi connectivity index (χ1) is 6.69. The Morgan fingerprint density at radius 1 is 1.36 bits per heavy atom. The van der Waals surface area contributed by atoms with Gasteiger partial charge in [0, 0.05) is 10.9 Å². The quantitative estimate of drug-likeness (QED) is 0.717. The fourth-order valence-corrected chi connectivity index (χ4v) is 1.65. The van der Waals surface area contributed by atoms with Crippen LogP contribution in [0.25, 0.3) is 6.08 Å². The summed E-state index contributed by atoms with van der Waals surface area (Å²) in [6, 6.07) is 3.88. The largest absolute Gasteiger partial charge is 0.206 e. The van der Waals surface area contributed by atoms with Crippen LogP contribution in [0.15, 0.2) is 23.8 Å². The summed E-state index contributed by atoms with van der Waals surface area (Å²) in [5.74, 6) is -1.03. The Hall–Kier alpha value is -0.700. The fraction of sp³-hybridized carbons (Fsp3) is 0.273. The standard InChI is InChI=1S/C11H11BrF2/c1-2-8(7-12)6-9-10(13)4-3-5-11(9)14/h3-6H,2,7H2,1H3. The van der Waals surface area contributed by atoms with Crippen molar-refractivity contribution in [3.05, 3.63) is 41.0 Å². The highest BCUT2D eigenvalue weighted by molar-refractivity contribution is 9.09. The zero-order chi connectivity index (χ0) is 10.6. The molecule has 3 heteroatoms. The lowest BCUT2D eigenvalue weighted by Crippen LogP contribution is -1.90. The molecule has 14 heavy (non-hydrogen) atoms. The minimum Gasteiger partial charge on any atom is -0.206 e. The predicted molar refractivity (Wildman–Crippen MR) is 58.4 cm³/mol. The molecular formula is C11H11BrF2. The summed E-state index contributed by atoms with van der Waals surface area (Å²) in [7, 11) is 0. The third-order valence-electron chi connectivity index (χ3n) is 1.97. The molecule has 0 unspecified atom stereocenters. The highest BCUT2D eigenvalue weighted by Crippen LogP contribution is 2.18. The second-order valence-corrected chi connectivity index (χ2v) is 3.49. The first-order valence-electron chi connectivity index (χ1n) is 4.38. The number of allylic oxidation sites excluding steroid dienone is 1. The van der Waals surface area contributed by atoms with E-state index in [9.17, 15) is 8.78 Å². The topological polar surface area (TPSA) is 0 Å². The van der Waals surface area contributed by atoms with Gasteiger partial charge in [-0.05, 0) is 24.6 Å². The first-order valence-corrected chi connectivity index (χ1v) is 5.50. The van der Waals surface area contributed by atoms with Crippen LogP contribution >= 0.6 is 15.9 Å². The van der Waals surface area contributed by atoms with Crippen LogP contribution in [-0.2, 0) is 0 Å². The summed E-state index contributed by atoms with van der Waals surface area (Å²) < 4.78 is 26.4. The molecule has 0 fully saturated rings. The van der Waals surface area contributed by atoms with Crippen molar-refractivity contribution in [1.82, 2.24) is 0 Å². The maximum absolute atomic E-state index is 13.2. The molecule has 1 aromatic rings. The lowest BCUT2D eigenvalue weighted by Gasteiger charge is -2.02. The van der Waals surface area contributed by atoms with Gasteiger partial charge in [0.25, 0.3) is 0 Å². The van der Waals surface area contributed by atoms with Crippen LogP contribution in [0.2, 0.25) is 0 Å². The summed E-state index contributed by atoms with van der Waals surface area (Å²) >= 11 is 3.27. The first kappa shape index (κ1) is 11.4. The molecule has 0 atom stereocenters. The van der Waals surface area contributed by atoms with Crippen molar-refractivity contribution >= 4 is 22.0 Å². The van der Waals surface area contributed by atoms with E-state index < -0.39 is 11.6 Å². The van der Waals surface area contributed by atoms with Crippen LogP contribution in [0.1, 0.15) is 18.9 Å². The highest BCUT2D eigenvalue weighted by atomic mass is 79.9. The van der Waals surface area contributed by atoms with E-state index in [4.69, 9.17) is 0 Å². The third kappa shape index (κ3) is 2.64. The molecule has 0 aliphatic heterocycles. The van der Waals surface area contributed by atoms with Gasteiger partial charge in [-0.25, -0.2) is 8.78 Å². The lowest BCUT2D eigenvalue weighted by atomic mass is 10.1. The minimum atomic E-state index is -0.517. The van der Waals surface area contributed by atoms with Crippen LogP contribution in [0, 0.1) is 11.6 Å². The lowest BCUT2D eigenvalue weighted by molar-refractivity contribution is 0.578. The Bertz CT molecular complexity index is 319. The number of rotatable bonds is 3. The Morgan fingerprint density at radius 3 is 2.36 bits per heavy atom. The molecule has 0 aliphatic carbocycles. The van der Waals surface area contributed by atoms with Crippen molar-refractivity contribution in [3.63, 3.8) is 0 Å². The Morgan fingerprint density at radius 2 is 1.93 bits per heavy atom. The van der Waals surface area contributed by atoms with Gasteiger partial charge in [0.15, 0.2) is 0 Å². The van der Waals surface area contributed by atoms with Gasteiger partial charge in [0.05, 0.1) is 0 Å². The predicted octanol–water partition coefficient (Wildman–Crippen LogP) is 4.15. The molecule has 1 rings (SSSR count). The maximum Gasteiger partial charge on any atom is 0.133 e. The molecule has 0 bridgehead atoms. The number of alkyl halides is 1. The Kier molecular flexibility index (Phi) is 4.26.